The molecule has 2 heterocycles. The van der Waals surface area contributed by atoms with E-state index in [0.717, 1.165) is 58.1 Å². The number of thiophene rings is 1. The summed E-state index contributed by atoms with van der Waals surface area (Å²) in [6, 6.07) is 8.21. The van der Waals surface area contributed by atoms with Crippen LogP contribution in [0.5, 0.6) is 0 Å². The Bertz CT molecular complexity index is 982. The maximum absolute atomic E-state index is 12.1. The highest BCUT2D eigenvalue weighted by Gasteiger charge is 2.17. The number of hydrogen-bond donors (Lipinski definition) is 3. The monoisotopic (exact) mass is 395 g/mol. The third-order valence-electron chi connectivity index (χ3n) is 5.29. The number of aliphatic hydroxyl groups is 1. The molecule has 1 saturated carbocycles. The van der Waals surface area contributed by atoms with Gasteiger partial charge in [-0.15, -0.1) is 11.3 Å². The Kier molecular flexibility index (Phi) is 5.22. The van der Waals surface area contributed by atoms with Crippen molar-refractivity contribution in [2.24, 2.45) is 4.99 Å². The van der Waals surface area contributed by atoms with Crippen molar-refractivity contribution in [3.8, 4) is 0 Å². The van der Waals surface area contributed by atoms with Gasteiger partial charge in [0.1, 0.15) is 5.00 Å². The molecule has 28 heavy (non-hydrogen) atoms. The summed E-state index contributed by atoms with van der Waals surface area (Å²) in [7, 11) is 0. The molecule has 1 amide bonds. The number of aryl methyl sites for hydroxylation is 1. The van der Waals surface area contributed by atoms with E-state index in [9.17, 15) is 9.90 Å². The van der Waals surface area contributed by atoms with Crippen molar-refractivity contribution in [2.45, 2.75) is 52.5 Å². The number of nitrogens with zero attached hydrogens (tertiary/aromatic N) is 1. The fraction of sp³-hybridized carbons (Fsp3) is 0.364. The first kappa shape index (κ1) is 18.7. The zero-order chi connectivity index (χ0) is 19.7. The second-order valence-corrected chi connectivity index (χ2v) is 8.71. The topological polar surface area (TPSA) is 73.7 Å². The largest absolute Gasteiger partial charge is 0.512 e. The van der Waals surface area contributed by atoms with E-state index in [1.165, 1.54) is 4.88 Å². The lowest BCUT2D eigenvalue weighted by atomic mass is 9.90. The molecule has 1 aromatic heterocycles. The Morgan fingerprint density at radius 1 is 1.25 bits per heavy atom. The smallest absolute Gasteiger partial charge is 0.220 e. The van der Waals surface area contributed by atoms with Gasteiger partial charge in [-0.05, 0) is 62.4 Å². The number of allylic oxidation sites excluding steroid dienone is 2. The first-order chi connectivity index (χ1) is 13.5. The molecule has 1 aliphatic carbocycles. The van der Waals surface area contributed by atoms with Crippen molar-refractivity contribution >= 4 is 39.3 Å². The van der Waals surface area contributed by atoms with E-state index in [0.29, 0.717) is 25.1 Å². The highest BCUT2D eigenvalue weighted by Crippen LogP contribution is 2.38. The maximum atomic E-state index is 12.1. The van der Waals surface area contributed by atoms with E-state index in [2.05, 4.69) is 23.6 Å². The summed E-state index contributed by atoms with van der Waals surface area (Å²) in [4.78, 5) is 18.2. The third kappa shape index (κ3) is 3.97. The molecule has 6 heteroatoms. The minimum absolute atomic E-state index is 0.0446. The molecular formula is C22H25N3O2S. The summed E-state index contributed by atoms with van der Waals surface area (Å²) in [5.74, 6) is 0.363. The Labute approximate surface area is 169 Å². The van der Waals surface area contributed by atoms with E-state index in [1.807, 2.05) is 25.1 Å². The molecule has 4 rings (SSSR count). The standard InChI is InChI=1S/C22H25N3O2S/c1-13-10-17-14(2)24-19-11-15(6-7-18(19)25-22(17)28-13)12-23-21(27)9-8-20(26)16-4-3-5-16/h6-7,10-11,25-26H,3-5,8-9,12H2,1-2H3,(H,23,27). The molecule has 0 saturated heterocycles. The van der Waals surface area contributed by atoms with E-state index >= 15 is 0 Å². The average Bonchev–Trinajstić information content (AvgIpc) is 2.93. The van der Waals surface area contributed by atoms with Crippen LogP contribution in [0.25, 0.3) is 0 Å². The number of rotatable bonds is 5. The van der Waals surface area contributed by atoms with E-state index in [4.69, 9.17) is 4.99 Å². The number of aliphatic imine (C=N–C) groups is 1. The molecule has 2 aliphatic rings. The summed E-state index contributed by atoms with van der Waals surface area (Å²) < 4.78 is 0. The van der Waals surface area contributed by atoms with Crippen molar-refractivity contribution in [3.05, 3.63) is 51.6 Å². The van der Waals surface area contributed by atoms with Gasteiger partial charge < -0.3 is 15.7 Å². The van der Waals surface area contributed by atoms with Gasteiger partial charge in [0.15, 0.2) is 0 Å². The lowest BCUT2D eigenvalue weighted by molar-refractivity contribution is -0.121. The number of carbonyl (C=O) groups is 1. The third-order valence-corrected chi connectivity index (χ3v) is 6.25. The molecule has 1 aliphatic heterocycles. The number of carbonyl (C=O) groups excluding carboxylic acids is 1. The maximum Gasteiger partial charge on any atom is 0.220 e. The SMILES string of the molecule is CC1=Nc2cc(CNC(=O)CCC(O)=C3CCC3)ccc2Nc2sc(C)cc21. The van der Waals surface area contributed by atoms with E-state index < -0.39 is 0 Å². The van der Waals surface area contributed by atoms with E-state index in [-0.39, 0.29) is 5.91 Å². The van der Waals surface area contributed by atoms with Crippen molar-refractivity contribution in [2.75, 3.05) is 5.32 Å². The number of benzene rings is 1. The number of fused-ring (bicyclic) bond motifs is 2. The first-order valence-electron chi connectivity index (χ1n) is 9.72. The van der Waals surface area contributed by atoms with E-state index in [1.54, 1.807) is 11.3 Å². The predicted molar refractivity (Wildman–Crippen MR) is 115 cm³/mol. The second-order valence-electron chi connectivity index (χ2n) is 7.45. The predicted octanol–water partition coefficient (Wildman–Crippen LogP) is 5.65. The van der Waals surface area contributed by atoms with Crippen LogP contribution in [0.4, 0.5) is 16.4 Å². The minimum Gasteiger partial charge on any atom is -0.512 e. The molecule has 0 unspecified atom stereocenters. The summed E-state index contributed by atoms with van der Waals surface area (Å²) >= 11 is 1.73. The Morgan fingerprint density at radius 3 is 2.82 bits per heavy atom. The van der Waals surface area contributed by atoms with Gasteiger partial charge in [-0.1, -0.05) is 6.07 Å². The normalized spacial score (nSPS) is 14.8. The molecular weight excluding hydrogens is 370 g/mol. The molecule has 1 aromatic carbocycles. The van der Waals surface area contributed by atoms with Gasteiger partial charge in [0, 0.05) is 35.5 Å². The number of anilines is 2. The van der Waals surface area contributed by atoms with Gasteiger partial charge in [-0.25, -0.2) is 0 Å². The van der Waals surface area contributed by atoms with Crippen LogP contribution in [0.15, 0.2) is 40.6 Å². The number of nitrogens with one attached hydrogen (secondary N) is 2. The Hall–Kier alpha value is -2.60. The molecule has 0 atom stereocenters. The first-order valence-corrected chi connectivity index (χ1v) is 10.5. The van der Waals surface area contributed by atoms with Gasteiger partial charge in [0.2, 0.25) is 5.91 Å². The summed E-state index contributed by atoms with van der Waals surface area (Å²) in [6.07, 6.45) is 3.85. The number of hydrogen-bond acceptors (Lipinski definition) is 5. The molecule has 0 radical (unpaired) electrons. The molecule has 2 aromatic rings. The van der Waals surface area contributed by atoms with Crippen molar-refractivity contribution in [1.82, 2.24) is 5.32 Å². The molecule has 0 spiro atoms. The molecule has 3 N–H and O–H groups in total. The lowest BCUT2D eigenvalue weighted by Gasteiger charge is -2.18. The number of amides is 1. The molecule has 146 valence electrons. The van der Waals surface area contributed by atoms with Gasteiger partial charge >= 0.3 is 0 Å². The average molecular weight is 396 g/mol. The van der Waals surface area contributed by atoms with Crippen LogP contribution >= 0.6 is 11.3 Å². The Balaban J connectivity index is 1.39. The van der Waals surface area contributed by atoms with Crippen LogP contribution in [-0.4, -0.2) is 16.7 Å². The fourth-order valence-corrected chi connectivity index (χ4v) is 4.44. The molecule has 0 bridgehead atoms. The lowest BCUT2D eigenvalue weighted by Crippen LogP contribution is -2.22. The summed E-state index contributed by atoms with van der Waals surface area (Å²) in [5, 5.41) is 17.5. The second kappa shape index (κ2) is 7.80. The van der Waals surface area contributed by atoms with Crippen molar-refractivity contribution in [1.29, 1.82) is 0 Å². The minimum atomic E-state index is -0.0446. The van der Waals surface area contributed by atoms with Crippen LogP contribution in [0.2, 0.25) is 0 Å². The van der Waals surface area contributed by atoms with Crippen molar-refractivity contribution in [3.63, 3.8) is 0 Å². The molecule has 1 fully saturated rings. The number of aliphatic hydroxyl groups excluding tert-OH is 1. The highest BCUT2D eigenvalue weighted by atomic mass is 32.1. The van der Waals surface area contributed by atoms with Crippen LogP contribution in [0.3, 0.4) is 0 Å². The van der Waals surface area contributed by atoms with Gasteiger partial charge in [-0.3, -0.25) is 9.79 Å². The summed E-state index contributed by atoms with van der Waals surface area (Å²) in [6.45, 7) is 4.58. The zero-order valence-corrected chi connectivity index (χ0v) is 17.1. The zero-order valence-electron chi connectivity index (χ0n) is 16.3. The highest BCUT2D eigenvalue weighted by molar-refractivity contribution is 7.16. The fourth-order valence-electron chi connectivity index (χ4n) is 3.46. The van der Waals surface area contributed by atoms with Crippen LogP contribution in [0, 0.1) is 6.92 Å². The summed E-state index contributed by atoms with van der Waals surface area (Å²) in [5.41, 5.74) is 6.13. The quantitative estimate of drug-likeness (QED) is 0.573. The molecule has 5 nitrogen and oxygen atoms in total. The Morgan fingerprint density at radius 2 is 2.07 bits per heavy atom. The van der Waals surface area contributed by atoms with Crippen LogP contribution < -0.4 is 10.6 Å². The van der Waals surface area contributed by atoms with Crippen LogP contribution in [-0.2, 0) is 11.3 Å². The van der Waals surface area contributed by atoms with Crippen molar-refractivity contribution < 1.29 is 9.90 Å². The van der Waals surface area contributed by atoms with Gasteiger partial charge in [0.05, 0.1) is 17.1 Å². The van der Waals surface area contributed by atoms with Gasteiger partial charge in [0.25, 0.3) is 0 Å². The van der Waals surface area contributed by atoms with Gasteiger partial charge in [-0.2, -0.15) is 0 Å². The van der Waals surface area contributed by atoms with Crippen LogP contribution in [0.1, 0.15) is 55.0 Å².